The second-order valence-electron chi connectivity index (χ2n) is 5.99. The molecule has 1 atom stereocenters. The third-order valence-corrected chi connectivity index (χ3v) is 4.16. The zero-order chi connectivity index (χ0) is 15.6. The van der Waals surface area contributed by atoms with Crippen molar-refractivity contribution in [3.8, 4) is 6.07 Å². The average Bonchev–Trinajstić information content (AvgIpc) is 2.90. The van der Waals surface area contributed by atoms with Gasteiger partial charge in [0.2, 0.25) is 0 Å². The van der Waals surface area contributed by atoms with Crippen LogP contribution in [0.3, 0.4) is 0 Å². The summed E-state index contributed by atoms with van der Waals surface area (Å²) in [6.07, 6.45) is 0. The fourth-order valence-corrected chi connectivity index (χ4v) is 2.91. The first-order chi connectivity index (χ1) is 9.81. The first-order valence-electron chi connectivity index (χ1n) is 6.73. The lowest BCUT2D eigenvalue weighted by Gasteiger charge is -2.16. The van der Waals surface area contributed by atoms with Crippen LogP contribution in [0.1, 0.15) is 50.0 Å². The molecule has 1 aromatic carbocycles. The van der Waals surface area contributed by atoms with E-state index in [9.17, 15) is 4.39 Å². The van der Waals surface area contributed by atoms with Gasteiger partial charge in [0.15, 0.2) is 0 Å². The summed E-state index contributed by atoms with van der Waals surface area (Å²) in [6, 6.07) is 6.13. The van der Waals surface area contributed by atoms with Crippen molar-refractivity contribution in [3.05, 3.63) is 45.7 Å². The number of nitrogens with zero attached hydrogens (tertiary/aromatic N) is 2. The fourth-order valence-electron chi connectivity index (χ4n) is 1.86. The molecule has 110 valence electrons. The molecule has 2 rings (SSSR count). The van der Waals surface area contributed by atoms with E-state index in [2.05, 4.69) is 36.5 Å². The summed E-state index contributed by atoms with van der Waals surface area (Å²) < 4.78 is 13.1. The second kappa shape index (κ2) is 5.82. The molecule has 0 spiro atoms. The van der Waals surface area contributed by atoms with E-state index in [0.29, 0.717) is 11.3 Å². The van der Waals surface area contributed by atoms with Gasteiger partial charge in [0.1, 0.15) is 16.9 Å². The van der Waals surface area contributed by atoms with Gasteiger partial charge in [0, 0.05) is 10.8 Å². The van der Waals surface area contributed by atoms with Gasteiger partial charge >= 0.3 is 0 Å². The number of nitrogens with one attached hydrogen (secondary N) is 1. The van der Waals surface area contributed by atoms with Gasteiger partial charge in [-0.15, -0.1) is 11.3 Å². The number of aromatic nitrogens is 1. The molecule has 0 fully saturated rings. The number of benzene rings is 1. The highest BCUT2D eigenvalue weighted by Gasteiger charge is 2.19. The van der Waals surface area contributed by atoms with Crippen LogP contribution in [-0.4, -0.2) is 4.98 Å². The molecule has 0 aliphatic rings. The van der Waals surface area contributed by atoms with Crippen LogP contribution < -0.4 is 5.32 Å². The summed E-state index contributed by atoms with van der Waals surface area (Å²) in [7, 11) is 0. The quantitative estimate of drug-likeness (QED) is 0.899. The highest BCUT2D eigenvalue weighted by Crippen LogP contribution is 2.29. The number of rotatable bonds is 3. The van der Waals surface area contributed by atoms with Gasteiger partial charge in [-0.05, 0) is 25.1 Å². The van der Waals surface area contributed by atoms with Gasteiger partial charge in [-0.3, -0.25) is 0 Å². The Morgan fingerprint density at radius 3 is 2.67 bits per heavy atom. The minimum atomic E-state index is -0.408. The minimum Gasteiger partial charge on any atom is -0.375 e. The van der Waals surface area contributed by atoms with Crippen molar-refractivity contribution in [2.24, 2.45) is 0 Å². The van der Waals surface area contributed by atoms with Gasteiger partial charge in [-0.25, -0.2) is 9.37 Å². The Balaban J connectivity index is 2.21. The number of hydrogen-bond donors (Lipinski definition) is 1. The van der Waals surface area contributed by atoms with Gasteiger partial charge < -0.3 is 5.32 Å². The lowest BCUT2D eigenvalue weighted by molar-refractivity contribution is 0.569. The topological polar surface area (TPSA) is 48.7 Å². The molecule has 1 N–H and O–H groups in total. The predicted octanol–water partition coefficient (Wildman–Crippen LogP) is 4.62. The molecule has 1 aromatic heterocycles. The molecule has 3 nitrogen and oxygen atoms in total. The zero-order valence-electron chi connectivity index (χ0n) is 12.6. The van der Waals surface area contributed by atoms with Crippen molar-refractivity contribution in [3.63, 3.8) is 0 Å². The van der Waals surface area contributed by atoms with Crippen molar-refractivity contribution in [2.45, 2.75) is 39.2 Å². The molecule has 0 radical (unpaired) electrons. The molecule has 0 aliphatic heterocycles. The summed E-state index contributed by atoms with van der Waals surface area (Å²) in [4.78, 5) is 4.65. The van der Waals surface area contributed by atoms with Crippen LogP contribution in [0.15, 0.2) is 23.6 Å². The molecular formula is C16H18FN3S. The molecule has 0 aliphatic carbocycles. The number of nitriles is 1. The number of hydrogen-bond acceptors (Lipinski definition) is 4. The lowest BCUT2D eigenvalue weighted by atomic mass is 9.93. The Morgan fingerprint density at radius 1 is 1.38 bits per heavy atom. The SMILES string of the molecule is CC(Nc1ccc(F)cc1C#N)c1nc(C(C)(C)C)cs1. The normalized spacial score (nSPS) is 12.8. The van der Waals surface area contributed by atoms with E-state index < -0.39 is 5.82 Å². The molecule has 2 aromatic rings. The number of halogens is 1. The maximum atomic E-state index is 13.1. The van der Waals surface area contributed by atoms with Crippen LogP contribution in [0.25, 0.3) is 0 Å². The van der Waals surface area contributed by atoms with E-state index in [4.69, 9.17) is 5.26 Å². The third-order valence-electron chi connectivity index (χ3n) is 3.13. The maximum Gasteiger partial charge on any atom is 0.124 e. The Kier molecular flexibility index (Phi) is 4.29. The van der Waals surface area contributed by atoms with E-state index in [1.807, 2.05) is 13.0 Å². The van der Waals surface area contributed by atoms with E-state index in [-0.39, 0.29) is 11.5 Å². The monoisotopic (exact) mass is 303 g/mol. The van der Waals surface area contributed by atoms with Crippen molar-refractivity contribution >= 4 is 17.0 Å². The molecule has 1 heterocycles. The molecule has 0 amide bonds. The van der Waals surface area contributed by atoms with Crippen molar-refractivity contribution in [2.75, 3.05) is 5.32 Å². The number of anilines is 1. The minimum absolute atomic E-state index is 0.0160. The fraction of sp³-hybridized carbons (Fsp3) is 0.375. The van der Waals surface area contributed by atoms with Crippen molar-refractivity contribution in [1.29, 1.82) is 5.26 Å². The Bertz CT molecular complexity index is 680. The van der Waals surface area contributed by atoms with Crippen LogP contribution in [-0.2, 0) is 5.41 Å². The van der Waals surface area contributed by atoms with E-state index >= 15 is 0 Å². The van der Waals surface area contributed by atoms with E-state index in [0.717, 1.165) is 10.7 Å². The molecule has 0 saturated heterocycles. The van der Waals surface area contributed by atoms with Crippen molar-refractivity contribution in [1.82, 2.24) is 4.98 Å². The molecule has 5 heteroatoms. The lowest BCUT2D eigenvalue weighted by Crippen LogP contribution is -2.13. The maximum absolute atomic E-state index is 13.1. The van der Waals surface area contributed by atoms with Crippen LogP contribution in [0, 0.1) is 17.1 Å². The summed E-state index contributed by atoms with van der Waals surface area (Å²) in [6.45, 7) is 8.35. The summed E-state index contributed by atoms with van der Waals surface area (Å²) in [5, 5.41) is 15.3. The average molecular weight is 303 g/mol. The third kappa shape index (κ3) is 3.59. The molecule has 1 unspecified atom stereocenters. The number of thiazole rings is 1. The second-order valence-corrected chi connectivity index (χ2v) is 6.88. The van der Waals surface area contributed by atoms with Crippen LogP contribution in [0.4, 0.5) is 10.1 Å². The summed E-state index contributed by atoms with van der Waals surface area (Å²) in [5.74, 6) is -0.408. The molecule has 0 bridgehead atoms. The summed E-state index contributed by atoms with van der Waals surface area (Å²) in [5.41, 5.74) is 1.99. The van der Waals surface area contributed by atoms with Crippen LogP contribution >= 0.6 is 11.3 Å². The predicted molar refractivity (Wildman–Crippen MR) is 84.0 cm³/mol. The molecule has 0 saturated carbocycles. The van der Waals surface area contributed by atoms with E-state index in [1.165, 1.54) is 12.1 Å². The van der Waals surface area contributed by atoms with E-state index in [1.54, 1.807) is 17.4 Å². The van der Waals surface area contributed by atoms with Crippen molar-refractivity contribution < 1.29 is 4.39 Å². The first kappa shape index (κ1) is 15.5. The Hall–Kier alpha value is -1.93. The largest absolute Gasteiger partial charge is 0.375 e. The van der Waals surface area contributed by atoms with Crippen LogP contribution in [0.5, 0.6) is 0 Å². The zero-order valence-corrected chi connectivity index (χ0v) is 13.4. The summed E-state index contributed by atoms with van der Waals surface area (Å²) >= 11 is 1.59. The molecule has 21 heavy (non-hydrogen) atoms. The highest BCUT2D eigenvalue weighted by molar-refractivity contribution is 7.09. The standard InChI is InChI=1S/C16H18FN3S/c1-10(15-20-14(9-21-15)16(2,3)4)19-13-6-5-12(17)7-11(13)8-18/h5-7,9-10,19H,1-4H3. The Morgan fingerprint density at radius 2 is 2.10 bits per heavy atom. The molecular weight excluding hydrogens is 285 g/mol. The first-order valence-corrected chi connectivity index (χ1v) is 7.61. The Labute approximate surface area is 128 Å². The van der Waals surface area contributed by atoms with Gasteiger partial charge in [-0.1, -0.05) is 20.8 Å². The van der Waals surface area contributed by atoms with Gasteiger partial charge in [-0.2, -0.15) is 5.26 Å². The highest BCUT2D eigenvalue weighted by atomic mass is 32.1. The van der Waals surface area contributed by atoms with Gasteiger partial charge in [0.05, 0.1) is 23.0 Å². The van der Waals surface area contributed by atoms with Crippen LogP contribution in [0.2, 0.25) is 0 Å². The smallest absolute Gasteiger partial charge is 0.124 e. The van der Waals surface area contributed by atoms with Gasteiger partial charge in [0.25, 0.3) is 0 Å².